The first-order valence-electron chi connectivity index (χ1n) is 9.51. The monoisotopic (exact) mass is 425 g/mol. The average Bonchev–Trinajstić information content (AvgIpc) is 3.39. The zero-order chi connectivity index (χ0) is 20.8. The van der Waals surface area contributed by atoms with Gasteiger partial charge in [0.2, 0.25) is 0 Å². The Bertz CT molecular complexity index is 1100. The van der Waals surface area contributed by atoms with E-state index in [1.165, 1.54) is 17.8 Å². The van der Waals surface area contributed by atoms with Crippen molar-refractivity contribution >= 4 is 11.8 Å². The van der Waals surface area contributed by atoms with Crippen molar-refractivity contribution in [2.45, 2.75) is 37.4 Å². The fourth-order valence-corrected chi connectivity index (χ4v) is 3.77. The van der Waals surface area contributed by atoms with Gasteiger partial charge in [-0.15, -0.1) is 15.3 Å². The zero-order valence-electron chi connectivity index (χ0n) is 16.3. The normalized spacial score (nSPS) is 11.0. The van der Waals surface area contributed by atoms with E-state index in [1.807, 2.05) is 34.9 Å². The molecule has 2 aromatic heterocycles. The molecule has 0 aliphatic rings. The SMILES string of the molecule is CCCn1nnnc1CSc1nnc(COc2ccccc2F)n1-c1ccccc1. The molecular formula is C20H20FN7OS. The minimum Gasteiger partial charge on any atom is -0.483 e. The highest BCUT2D eigenvalue weighted by molar-refractivity contribution is 7.98. The van der Waals surface area contributed by atoms with E-state index in [9.17, 15) is 4.39 Å². The number of thioether (sulfide) groups is 1. The van der Waals surface area contributed by atoms with Crippen LogP contribution in [0.5, 0.6) is 5.75 Å². The summed E-state index contributed by atoms with van der Waals surface area (Å²) in [4.78, 5) is 0. The molecule has 30 heavy (non-hydrogen) atoms. The lowest BCUT2D eigenvalue weighted by atomic mass is 10.3. The second-order valence-electron chi connectivity index (χ2n) is 6.40. The Morgan fingerprint density at radius 2 is 1.77 bits per heavy atom. The lowest BCUT2D eigenvalue weighted by Gasteiger charge is -2.11. The van der Waals surface area contributed by atoms with E-state index in [1.54, 1.807) is 22.9 Å². The van der Waals surface area contributed by atoms with Crippen LogP contribution in [0.1, 0.15) is 25.0 Å². The Hall–Kier alpha value is -3.27. The molecule has 0 N–H and O–H groups in total. The summed E-state index contributed by atoms with van der Waals surface area (Å²) in [6, 6.07) is 16.0. The van der Waals surface area contributed by atoms with Crippen molar-refractivity contribution in [3.8, 4) is 11.4 Å². The van der Waals surface area contributed by atoms with Gasteiger partial charge in [-0.3, -0.25) is 4.57 Å². The van der Waals surface area contributed by atoms with Crippen LogP contribution in [-0.2, 0) is 18.9 Å². The van der Waals surface area contributed by atoms with Crippen LogP contribution in [-0.4, -0.2) is 35.0 Å². The number of aromatic nitrogens is 7. The predicted molar refractivity (Wildman–Crippen MR) is 110 cm³/mol. The summed E-state index contributed by atoms with van der Waals surface area (Å²) >= 11 is 1.48. The maximum atomic E-state index is 13.9. The van der Waals surface area contributed by atoms with Crippen LogP contribution in [0.25, 0.3) is 5.69 Å². The molecule has 0 radical (unpaired) electrons. The number of hydrogen-bond acceptors (Lipinski definition) is 7. The van der Waals surface area contributed by atoms with E-state index in [-0.39, 0.29) is 12.4 Å². The molecule has 0 saturated carbocycles. The third kappa shape index (κ3) is 4.48. The van der Waals surface area contributed by atoms with Crippen molar-refractivity contribution in [1.29, 1.82) is 0 Å². The molecule has 0 fully saturated rings. The molecule has 0 saturated heterocycles. The first-order valence-corrected chi connectivity index (χ1v) is 10.5. The molecular weight excluding hydrogens is 405 g/mol. The van der Waals surface area contributed by atoms with Crippen LogP contribution in [0.2, 0.25) is 0 Å². The van der Waals surface area contributed by atoms with Crippen molar-refractivity contribution < 1.29 is 9.13 Å². The van der Waals surface area contributed by atoms with E-state index in [0.29, 0.717) is 16.7 Å². The lowest BCUT2D eigenvalue weighted by Crippen LogP contribution is -2.08. The highest BCUT2D eigenvalue weighted by atomic mass is 32.2. The first kappa shape index (κ1) is 20.0. The standard InChI is InChI=1S/C20H20FN7OS/c1-2-12-27-19(23-25-26-27)14-30-20-24-22-18(28(20)15-8-4-3-5-9-15)13-29-17-11-7-6-10-16(17)21/h3-11H,2,12-14H2,1H3. The van der Waals surface area contributed by atoms with Gasteiger partial charge in [-0.05, 0) is 41.1 Å². The lowest BCUT2D eigenvalue weighted by molar-refractivity contribution is 0.278. The Kier molecular flexibility index (Phi) is 6.33. The summed E-state index contributed by atoms with van der Waals surface area (Å²) in [5.41, 5.74) is 0.894. The summed E-state index contributed by atoms with van der Waals surface area (Å²) in [7, 11) is 0. The largest absolute Gasteiger partial charge is 0.483 e. The number of aryl methyl sites for hydroxylation is 1. The van der Waals surface area contributed by atoms with Gasteiger partial charge >= 0.3 is 0 Å². The van der Waals surface area contributed by atoms with Crippen LogP contribution in [0.15, 0.2) is 59.8 Å². The minimum atomic E-state index is -0.416. The Morgan fingerprint density at radius 3 is 2.57 bits per heavy atom. The van der Waals surface area contributed by atoms with Gasteiger partial charge in [-0.25, -0.2) is 9.07 Å². The van der Waals surface area contributed by atoms with E-state index in [0.717, 1.165) is 24.5 Å². The predicted octanol–water partition coefficient (Wildman–Crippen LogP) is 3.67. The Labute approximate surface area is 177 Å². The van der Waals surface area contributed by atoms with E-state index >= 15 is 0 Å². The molecule has 154 valence electrons. The van der Waals surface area contributed by atoms with Crippen LogP contribution in [0.4, 0.5) is 4.39 Å². The van der Waals surface area contributed by atoms with E-state index < -0.39 is 5.82 Å². The Morgan fingerprint density at radius 1 is 0.967 bits per heavy atom. The van der Waals surface area contributed by atoms with Crippen molar-refractivity contribution in [3.05, 3.63) is 72.1 Å². The summed E-state index contributed by atoms with van der Waals surface area (Å²) in [6.07, 6.45) is 0.945. The van der Waals surface area contributed by atoms with E-state index in [4.69, 9.17) is 4.74 Å². The molecule has 8 nitrogen and oxygen atoms in total. The number of benzene rings is 2. The number of hydrogen-bond donors (Lipinski definition) is 0. The van der Waals surface area contributed by atoms with Crippen LogP contribution >= 0.6 is 11.8 Å². The molecule has 0 aliphatic carbocycles. The number of ether oxygens (including phenoxy) is 1. The average molecular weight is 425 g/mol. The second-order valence-corrected chi connectivity index (χ2v) is 7.34. The van der Waals surface area contributed by atoms with Gasteiger partial charge in [0.25, 0.3) is 0 Å². The quantitative estimate of drug-likeness (QED) is 0.378. The van der Waals surface area contributed by atoms with Gasteiger partial charge in [0, 0.05) is 12.2 Å². The number of para-hydroxylation sites is 2. The molecule has 0 atom stereocenters. The highest BCUT2D eigenvalue weighted by Gasteiger charge is 2.17. The van der Waals surface area contributed by atoms with Gasteiger partial charge in [0.1, 0.15) is 6.61 Å². The third-order valence-electron chi connectivity index (χ3n) is 4.28. The molecule has 2 heterocycles. The first-order chi connectivity index (χ1) is 14.8. The van der Waals surface area contributed by atoms with Crippen LogP contribution < -0.4 is 4.74 Å². The third-order valence-corrected chi connectivity index (χ3v) is 5.20. The molecule has 0 aliphatic heterocycles. The number of halogens is 1. The molecule has 4 rings (SSSR count). The maximum absolute atomic E-state index is 13.9. The minimum absolute atomic E-state index is 0.0803. The van der Waals surface area contributed by atoms with E-state index in [2.05, 4.69) is 32.6 Å². The Balaban J connectivity index is 1.57. The highest BCUT2D eigenvalue weighted by Crippen LogP contribution is 2.25. The van der Waals surface area contributed by atoms with Crippen molar-refractivity contribution in [2.75, 3.05) is 0 Å². The number of rotatable bonds is 9. The summed E-state index contributed by atoms with van der Waals surface area (Å²) in [6.45, 7) is 2.92. The van der Waals surface area contributed by atoms with Crippen LogP contribution in [0.3, 0.4) is 0 Å². The maximum Gasteiger partial charge on any atom is 0.196 e. The van der Waals surface area contributed by atoms with Gasteiger partial charge < -0.3 is 4.74 Å². The summed E-state index contributed by atoms with van der Waals surface area (Å²) < 4.78 is 23.3. The van der Waals surface area contributed by atoms with Gasteiger partial charge in [0.05, 0.1) is 5.75 Å². The van der Waals surface area contributed by atoms with Crippen molar-refractivity contribution in [2.24, 2.45) is 0 Å². The molecule has 10 heteroatoms. The molecule has 0 spiro atoms. The van der Waals surface area contributed by atoms with Crippen molar-refractivity contribution in [3.63, 3.8) is 0 Å². The molecule has 0 unspecified atom stereocenters. The molecule has 0 bridgehead atoms. The fourth-order valence-electron chi connectivity index (χ4n) is 2.87. The van der Waals surface area contributed by atoms with Crippen LogP contribution in [0, 0.1) is 5.82 Å². The molecule has 2 aromatic carbocycles. The fraction of sp³-hybridized carbons (Fsp3) is 0.250. The van der Waals surface area contributed by atoms with Gasteiger partial charge in [0.15, 0.2) is 28.4 Å². The van der Waals surface area contributed by atoms with Crippen molar-refractivity contribution in [1.82, 2.24) is 35.0 Å². The summed E-state index contributed by atoms with van der Waals surface area (Å²) in [5.74, 6) is 1.65. The number of nitrogens with zero attached hydrogens (tertiary/aromatic N) is 7. The zero-order valence-corrected chi connectivity index (χ0v) is 17.2. The smallest absolute Gasteiger partial charge is 0.196 e. The number of tetrazole rings is 1. The van der Waals surface area contributed by atoms with Gasteiger partial charge in [-0.2, -0.15) is 0 Å². The summed E-state index contributed by atoms with van der Waals surface area (Å²) in [5, 5.41) is 21.2. The van der Waals surface area contributed by atoms with Gasteiger partial charge in [-0.1, -0.05) is 49.0 Å². The molecule has 0 amide bonds. The topological polar surface area (TPSA) is 83.5 Å². The second kappa shape index (κ2) is 9.49. The molecule has 4 aromatic rings.